The molecule has 1 saturated heterocycles. The van der Waals surface area contributed by atoms with E-state index >= 15 is 0 Å². The molecule has 0 saturated carbocycles. The molecule has 0 unspecified atom stereocenters. The summed E-state index contributed by atoms with van der Waals surface area (Å²) in [5, 5.41) is 7.95. The van der Waals surface area contributed by atoms with E-state index in [1.165, 1.54) is 16.9 Å². The standard InChI is InChI=1S/C23H21N5O3S/c29-20(13-18-14-32-23(26-18)28-12-10-24-22(28)31)25-17-7-5-16(6-8-17)21(30)27-11-9-15-3-1-2-4-19(15)27/h1-8,14H,9-13H2,(H,24,31)(H,25,29). The first-order chi connectivity index (χ1) is 15.6. The van der Waals surface area contributed by atoms with Gasteiger partial charge in [-0.2, -0.15) is 0 Å². The zero-order chi connectivity index (χ0) is 22.1. The SMILES string of the molecule is O=C(Cc1csc(N2CCNC2=O)n1)Nc1ccc(C(=O)N2CCc3ccccc32)cc1. The van der Waals surface area contributed by atoms with Crippen molar-refractivity contribution >= 4 is 45.7 Å². The third kappa shape index (κ3) is 3.94. The van der Waals surface area contributed by atoms with Gasteiger partial charge in [0.1, 0.15) is 0 Å². The van der Waals surface area contributed by atoms with Gasteiger partial charge in [-0.25, -0.2) is 9.78 Å². The molecule has 8 nitrogen and oxygen atoms in total. The topological polar surface area (TPSA) is 94.6 Å². The normalized spacial score (nSPS) is 14.9. The molecule has 162 valence electrons. The maximum Gasteiger partial charge on any atom is 0.323 e. The van der Waals surface area contributed by atoms with Gasteiger partial charge in [0.2, 0.25) is 5.91 Å². The number of benzene rings is 2. The predicted octanol–water partition coefficient (Wildman–Crippen LogP) is 3.06. The summed E-state index contributed by atoms with van der Waals surface area (Å²) in [6, 6.07) is 14.7. The maximum absolute atomic E-state index is 12.9. The maximum atomic E-state index is 12.9. The summed E-state index contributed by atoms with van der Waals surface area (Å²) in [5.74, 6) is -0.256. The van der Waals surface area contributed by atoms with Crippen LogP contribution in [0.5, 0.6) is 0 Å². The van der Waals surface area contributed by atoms with E-state index in [2.05, 4.69) is 15.6 Å². The Morgan fingerprint density at radius 1 is 1.09 bits per heavy atom. The van der Waals surface area contributed by atoms with Crippen LogP contribution in [0.2, 0.25) is 0 Å². The van der Waals surface area contributed by atoms with Crippen molar-refractivity contribution in [2.24, 2.45) is 0 Å². The summed E-state index contributed by atoms with van der Waals surface area (Å²) in [4.78, 5) is 44.8. The van der Waals surface area contributed by atoms with Crippen LogP contribution in [0, 0.1) is 0 Å². The fraction of sp³-hybridized carbons (Fsp3) is 0.217. The van der Waals surface area contributed by atoms with Crippen LogP contribution in [0.1, 0.15) is 21.6 Å². The van der Waals surface area contributed by atoms with E-state index in [-0.39, 0.29) is 24.3 Å². The van der Waals surface area contributed by atoms with Crippen LogP contribution >= 0.6 is 11.3 Å². The van der Waals surface area contributed by atoms with E-state index < -0.39 is 0 Å². The number of thiazole rings is 1. The van der Waals surface area contributed by atoms with Crippen LogP contribution in [0.15, 0.2) is 53.9 Å². The molecule has 2 aliphatic heterocycles. The van der Waals surface area contributed by atoms with Gasteiger partial charge < -0.3 is 15.5 Å². The molecule has 0 atom stereocenters. The number of nitrogens with zero attached hydrogens (tertiary/aromatic N) is 3. The molecule has 3 heterocycles. The van der Waals surface area contributed by atoms with Crippen LogP contribution in [0.3, 0.4) is 0 Å². The molecule has 5 rings (SSSR count). The number of para-hydroxylation sites is 1. The van der Waals surface area contributed by atoms with E-state index in [1.807, 2.05) is 24.3 Å². The minimum absolute atomic E-state index is 0.0474. The van der Waals surface area contributed by atoms with Gasteiger partial charge in [-0.15, -0.1) is 11.3 Å². The zero-order valence-electron chi connectivity index (χ0n) is 17.2. The average Bonchev–Trinajstić information content (AvgIpc) is 3.53. The number of urea groups is 1. The Hall–Kier alpha value is -3.72. The van der Waals surface area contributed by atoms with E-state index in [0.717, 1.165) is 12.1 Å². The predicted molar refractivity (Wildman–Crippen MR) is 123 cm³/mol. The number of rotatable bonds is 5. The summed E-state index contributed by atoms with van der Waals surface area (Å²) in [5.41, 5.74) is 3.95. The van der Waals surface area contributed by atoms with Gasteiger partial charge in [0, 0.05) is 42.0 Å². The summed E-state index contributed by atoms with van der Waals surface area (Å²) in [7, 11) is 0. The number of aromatic nitrogens is 1. The van der Waals surface area contributed by atoms with Gasteiger partial charge in [-0.1, -0.05) is 18.2 Å². The van der Waals surface area contributed by atoms with Gasteiger partial charge >= 0.3 is 6.03 Å². The third-order valence-corrected chi connectivity index (χ3v) is 6.43. The van der Waals surface area contributed by atoms with Crippen LogP contribution in [-0.2, 0) is 17.6 Å². The van der Waals surface area contributed by atoms with Crippen molar-refractivity contribution in [3.05, 3.63) is 70.7 Å². The van der Waals surface area contributed by atoms with E-state index in [9.17, 15) is 14.4 Å². The Balaban J connectivity index is 1.20. The first kappa shape index (κ1) is 20.2. The van der Waals surface area contributed by atoms with Crippen LogP contribution in [0.25, 0.3) is 0 Å². The molecule has 1 fully saturated rings. The fourth-order valence-electron chi connectivity index (χ4n) is 3.93. The molecule has 0 radical (unpaired) electrons. The lowest BCUT2D eigenvalue weighted by Crippen LogP contribution is -2.28. The lowest BCUT2D eigenvalue weighted by Gasteiger charge is -2.17. The Bertz CT molecular complexity index is 1190. The number of carbonyl (C=O) groups excluding carboxylic acids is 3. The molecule has 9 heteroatoms. The molecule has 3 aromatic rings. The second-order valence-corrected chi connectivity index (χ2v) is 8.48. The second-order valence-electron chi connectivity index (χ2n) is 7.64. The summed E-state index contributed by atoms with van der Waals surface area (Å²) < 4.78 is 0. The van der Waals surface area contributed by atoms with Crippen molar-refractivity contribution in [1.29, 1.82) is 0 Å². The molecule has 32 heavy (non-hydrogen) atoms. The van der Waals surface area contributed by atoms with Crippen LogP contribution in [-0.4, -0.2) is 42.5 Å². The highest BCUT2D eigenvalue weighted by Crippen LogP contribution is 2.29. The number of anilines is 3. The molecule has 1 aromatic heterocycles. The number of fused-ring (bicyclic) bond motifs is 1. The minimum Gasteiger partial charge on any atom is -0.336 e. The van der Waals surface area contributed by atoms with Gasteiger partial charge in [0.05, 0.1) is 12.1 Å². The Morgan fingerprint density at radius 3 is 2.69 bits per heavy atom. The monoisotopic (exact) mass is 447 g/mol. The molecule has 4 amide bonds. The highest BCUT2D eigenvalue weighted by Gasteiger charge is 2.25. The van der Waals surface area contributed by atoms with Crippen molar-refractivity contribution in [3.63, 3.8) is 0 Å². The summed E-state index contributed by atoms with van der Waals surface area (Å²) in [6.45, 7) is 1.84. The van der Waals surface area contributed by atoms with E-state index in [0.29, 0.717) is 41.7 Å². The largest absolute Gasteiger partial charge is 0.336 e. The van der Waals surface area contributed by atoms with E-state index in [4.69, 9.17) is 0 Å². The molecule has 2 N–H and O–H groups in total. The highest BCUT2D eigenvalue weighted by molar-refractivity contribution is 7.14. The van der Waals surface area contributed by atoms with E-state index in [1.54, 1.807) is 39.4 Å². The molecule has 2 aliphatic rings. The smallest absolute Gasteiger partial charge is 0.323 e. The number of amides is 4. The Labute approximate surface area is 188 Å². The number of hydrogen-bond acceptors (Lipinski definition) is 5. The lowest BCUT2D eigenvalue weighted by atomic mass is 10.1. The van der Waals surface area contributed by atoms with Gasteiger partial charge in [-0.3, -0.25) is 14.5 Å². The third-order valence-electron chi connectivity index (χ3n) is 5.52. The minimum atomic E-state index is -0.208. The van der Waals surface area contributed by atoms with Crippen molar-refractivity contribution < 1.29 is 14.4 Å². The molecular weight excluding hydrogens is 426 g/mol. The van der Waals surface area contributed by atoms with Crippen LogP contribution < -0.4 is 20.4 Å². The van der Waals surface area contributed by atoms with Crippen molar-refractivity contribution in [3.8, 4) is 0 Å². The van der Waals surface area contributed by atoms with Crippen molar-refractivity contribution in [2.75, 3.05) is 34.8 Å². The Morgan fingerprint density at radius 2 is 1.91 bits per heavy atom. The first-order valence-electron chi connectivity index (χ1n) is 10.4. The molecule has 0 spiro atoms. The Kier molecular flexibility index (Phi) is 5.32. The molecule has 0 aliphatic carbocycles. The second kappa shape index (κ2) is 8.43. The fourth-order valence-corrected chi connectivity index (χ4v) is 4.78. The van der Waals surface area contributed by atoms with Crippen molar-refractivity contribution in [1.82, 2.24) is 10.3 Å². The first-order valence-corrected chi connectivity index (χ1v) is 11.3. The number of carbonyl (C=O) groups is 3. The lowest BCUT2D eigenvalue weighted by molar-refractivity contribution is -0.115. The quantitative estimate of drug-likeness (QED) is 0.629. The van der Waals surface area contributed by atoms with Gasteiger partial charge in [0.25, 0.3) is 5.91 Å². The average molecular weight is 448 g/mol. The highest BCUT2D eigenvalue weighted by atomic mass is 32.1. The summed E-state index contributed by atoms with van der Waals surface area (Å²) >= 11 is 1.34. The van der Waals surface area contributed by atoms with Crippen LogP contribution in [0.4, 0.5) is 21.3 Å². The molecule has 2 aromatic carbocycles. The number of hydrogen-bond donors (Lipinski definition) is 2. The van der Waals surface area contributed by atoms with Gasteiger partial charge in [0.15, 0.2) is 5.13 Å². The summed E-state index contributed by atoms with van der Waals surface area (Å²) in [6.07, 6.45) is 0.966. The molecule has 0 bridgehead atoms. The zero-order valence-corrected chi connectivity index (χ0v) is 18.0. The van der Waals surface area contributed by atoms with Gasteiger partial charge in [-0.05, 0) is 42.3 Å². The van der Waals surface area contributed by atoms with Crippen molar-refractivity contribution in [2.45, 2.75) is 12.8 Å². The molecular formula is C23H21N5O3S. The number of nitrogens with one attached hydrogen (secondary N) is 2.